The van der Waals surface area contributed by atoms with E-state index in [1.807, 2.05) is 13.8 Å². The Balaban J connectivity index is 2.64. The van der Waals surface area contributed by atoms with Gasteiger partial charge in [0.25, 0.3) is 5.91 Å². The molecular weight excluding hydrogens is 247 g/mol. The van der Waals surface area contributed by atoms with Crippen molar-refractivity contribution in [3.63, 3.8) is 0 Å². The predicted molar refractivity (Wildman–Crippen MR) is 72.4 cm³/mol. The Labute approximate surface area is 113 Å². The fraction of sp³-hybridized carbons (Fsp3) is 0.500. The van der Waals surface area contributed by atoms with Crippen molar-refractivity contribution in [2.75, 3.05) is 13.7 Å². The summed E-state index contributed by atoms with van der Waals surface area (Å²) in [7, 11) is 1.70. The maximum atomic E-state index is 13.7. The van der Waals surface area contributed by atoms with Crippen LogP contribution in [0.4, 0.5) is 4.39 Å². The third-order valence-corrected chi connectivity index (χ3v) is 2.99. The van der Waals surface area contributed by atoms with Crippen molar-refractivity contribution < 1.29 is 13.9 Å². The minimum atomic E-state index is -0.419. The summed E-state index contributed by atoms with van der Waals surface area (Å²) >= 11 is 0. The predicted octanol–water partition coefficient (Wildman–Crippen LogP) is 2.09. The molecule has 0 saturated heterocycles. The largest absolute Gasteiger partial charge is 0.484 e. The summed E-state index contributed by atoms with van der Waals surface area (Å²) < 4.78 is 18.9. The summed E-state index contributed by atoms with van der Waals surface area (Å²) in [6, 6.07) is 4.17. The number of carbonyl (C=O) groups is 1. The van der Waals surface area contributed by atoms with E-state index in [4.69, 9.17) is 10.5 Å². The molecule has 0 radical (unpaired) electrons. The highest BCUT2D eigenvalue weighted by molar-refractivity contribution is 5.77. The van der Waals surface area contributed by atoms with Crippen LogP contribution in [0.3, 0.4) is 0 Å². The minimum absolute atomic E-state index is 0.105. The molecule has 0 aliphatic carbocycles. The Morgan fingerprint density at radius 3 is 2.53 bits per heavy atom. The van der Waals surface area contributed by atoms with Crippen LogP contribution in [0, 0.1) is 5.82 Å². The highest BCUT2D eigenvalue weighted by Gasteiger charge is 2.13. The third kappa shape index (κ3) is 4.21. The van der Waals surface area contributed by atoms with Gasteiger partial charge in [0.1, 0.15) is 11.6 Å². The average Bonchev–Trinajstić information content (AvgIpc) is 2.34. The molecular formula is C14H21FN2O2. The Bertz CT molecular complexity index is 447. The monoisotopic (exact) mass is 268 g/mol. The van der Waals surface area contributed by atoms with Crippen molar-refractivity contribution in [3.8, 4) is 5.75 Å². The molecule has 0 bridgehead atoms. The van der Waals surface area contributed by atoms with Gasteiger partial charge in [-0.1, -0.05) is 6.07 Å². The molecule has 0 saturated carbocycles. The first-order chi connectivity index (χ1) is 8.82. The smallest absolute Gasteiger partial charge is 0.260 e. The lowest BCUT2D eigenvalue weighted by Gasteiger charge is -2.21. The van der Waals surface area contributed by atoms with Crippen LogP contribution in [0.25, 0.3) is 0 Å². The van der Waals surface area contributed by atoms with Crippen molar-refractivity contribution in [2.45, 2.75) is 32.9 Å². The molecule has 2 N–H and O–H groups in total. The van der Waals surface area contributed by atoms with Gasteiger partial charge in [-0.05, 0) is 26.8 Å². The maximum absolute atomic E-state index is 13.7. The fourth-order valence-corrected chi connectivity index (χ4v) is 1.50. The van der Waals surface area contributed by atoms with Crippen molar-refractivity contribution >= 4 is 5.91 Å². The van der Waals surface area contributed by atoms with Gasteiger partial charge >= 0.3 is 0 Å². The summed E-state index contributed by atoms with van der Waals surface area (Å²) in [5, 5.41) is 0. The summed E-state index contributed by atoms with van der Waals surface area (Å²) in [6.45, 7) is 5.43. The number of amides is 1. The van der Waals surface area contributed by atoms with E-state index in [9.17, 15) is 9.18 Å². The number of nitrogens with two attached hydrogens (primary N) is 1. The molecule has 1 aromatic carbocycles. The molecule has 0 aliphatic heterocycles. The highest BCUT2D eigenvalue weighted by atomic mass is 19.1. The number of carbonyl (C=O) groups excluding carboxylic acids is 1. The summed E-state index contributed by atoms with van der Waals surface area (Å²) in [5.74, 6) is -0.240. The van der Waals surface area contributed by atoms with E-state index in [2.05, 4.69) is 0 Å². The molecule has 0 unspecified atom stereocenters. The van der Waals surface area contributed by atoms with E-state index in [1.165, 1.54) is 6.07 Å². The van der Waals surface area contributed by atoms with E-state index in [1.54, 1.807) is 31.0 Å². The van der Waals surface area contributed by atoms with Crippen molar-refractivity contribution in [1.82, 2.24) is 4.90 Å². The number of benzene rings is 1. The van der Waals surface area contributed by atoms with Crippen LogP contribution in [0.1, 0.15) is 32.4 Å². The van der Waals surface area contributed by atoms with Gasteiger partial charge in [-0.25, -0.2) is 4.39 Å². The molecule has 0 heterocycles. The first-order valence-corrected chi connectivity index (χ1v) is 6.26. The van der Waals surface area contributed by atoms with E-state index in [0.717, 1.165) is 0 Å². The lowest BCUT2D eigenvalue weighted by Crippen LogP contribution is -2.36. The van der Waals surface area contributed by atoms with Crippen LogP contribution in [-0.4, -0.2) is 30.5 Å². The minimum Gasteiger partial charge on any atom is -0.484 e. The van der Waals surface area contributed by atoms with Gasteiger partial charge in [-0.3, -0.25) is 4.79 Å². The Kier molecular flexibility index (Phi) is 5.30. The Morgan fingerprint density at radius 2 is 2.05 bits per heavy atom. The molecule has 1 atom stereocenters. The number of likely N-dealkylation sites (N-methyl/N-ethyl adjacent to an activating group) is 1. The number of hydrogen-bond donors (Lipinski definition) is 1. The zero-order chi connectivity index (χ0) is 14.6. The zero-order valence-corrected chi connectivity index (χ0v) is 11.8. The first-order valence-electron chi connectivity index (χ1n) is 6.26. The molecule has 1 amide bonds. The summed E-state index contributed by atoms with van der Waals surface area (Å²) in [6.07, 6.45) is 0. The second kappa shape index (κ2) is 6.52. The first kappa shape index (κ1) is 15.4. The van der Waals surface area contributed by atoms with E-state index in [-0.39, 0.29) is 24.6 Å². The van der Waals surface area contributed by atoms with E-state index < -0.39 is 5.82 Å². The molecule has 0 spiro atoms. The summed E-state index contributed by atoms with van der Waals surface area (Å²) in [5.41, 5.74) is 6.05. The summed E-state index contributed by atoms with van der Waals surface area (Å²) in [4.78, 5) is 13.3. The van der Waals surface area contributed by atoms with Crippen molar-refractivity contribution in [3.05, 3.63) is 29.6 Å². The standard InChI is InChI=1S/C14H21FN2O2/c1-9(2)17(4)14(18)8-19-11-5-6-12(10(3)16)13(15)7-11/h5-7,9-10H,8,16H2,1-4H3/t10-/m0/s1. The molecule has 0 fully saturated rings. The molecule has 0 aliphatic rings. The van der Waals surface area contributed by atoms with E-state index >= 15 is 0 Å². The molecule has 0 aromatic heterocycles. The van der Waals surface area contributed by atoms with Crippen LogP contribution >= 0.6 is 0 Å². The Morgan fingerprint density at radius 1 is 1.42 bits per heavy atom. The van der Waals surface area contributed by atoms with Crippen LogP contribution < -0.4 is 10.5 Å². The topological polar surface area (TPSA) is 55.6 Å². The van der Waals surface area contributed by atoms with Crippen molar-refractivity contribution in [1.29, 1.82) is 0 Å². The quantitative estimate of drug-likeness (QED) is 0.889. The van der Waals surface area contributed by atoms with Gasteiger partial charge in [0.05, 0.1) is 0 Å². The number of ether oxygens (including phenoxy) is 1. The van der Waals surface area contributed by atoms with Gasteiger partial charge in [-0.15, -0.1) is 0 Å². The third-order valence-electron chi connectivity index (χ3n) is 2.99. The number of halogens is 1. The molecule has 1 aromatic rings. The number of hydrogen-bond acceptors (Lipinski definition) is 3. The van der Waals surface area contributed by atoms with Crippen LogP contribution in [-0.2, 0) is 4.79 Å². The molecule has 4 nitrogen and oxygen atoms in total. The maximum Gasteiger partial charge on any atom is 0.260 e. The Hall–Kier alpha value is -1.62. The van der Waals surface area contributed by atoms with E-state index in [0.29, 0.717) is 11.3 Å². The van der Waals surface area contributed by atoms with Crippen molar-refractivity contribution in [2.24, 2.45) is 5.73 Å². The molecule has 19 heavy (non-hydrogen) atoms. The molecule has 5 heteroatoms. The van der Waals surface area contributed by atoms with Gasteiger partial charge in [0.2, 0.25) is 0 Å². The fourth-order valence-electron chi connectivity index (χ4n) is 1.50. The van der Waals surface area contributed by atoms with Gasteiger partial charge in [0.15, 0.2) is 6.61 Å². The van der Waals surface area contributed by atoms with Crippen LogP contribution in [0.5, 0.6) is 5.75 Å². The number of nitrogens with zero attached hydrogens (tertiary/aromatic N) is 1. The van der Waals surface area contributed by atoms with Gasteiger partial charge in [0, 0.05) is 30.8 Å². The SMILES string of the molecule is CC(C)N(C)C(=O)COc1ccc([C@H](C)N)c(F)c1. The second-order valence-electron chi connectivity index (χ2n) is 4.86. The zero-order valence-electron chi connectivity index (χ0n) is 11.8. The normalized spacial score (nSPS) is 12.4. The van der Waals surface area contributed by atoms with Gasteiger partial charge in [-0.2, -0.15) is 0 Å². The average molecular weight is 268 g/mol. The van der Waals surface area contributed by atoms with Gasteiger partial charge < -0.3 is 15.4 Å². The lowest BCUT2D eigenvalue weighted by atomic mass is 10.1. The molecule has 106 valence electrons. The lowest BCUT2D eigenvalue weighted by molar-refractivity contribution is -0.133. The highest BCUT2D eigenvalue weighted by Crippen LogP contribution is 2.20. The van der Waals surface area contributed by atoms with Crippen LogP contribution in [0.2, 0.25) is 0 Å². The number of rotatable bonds is 5. The second-order valence-corrected chi connectivity index (χ2v) is 4.86. The van der Waals surface area contributed by atoms with Crippen LogP contribution in [0.15, 0.2) is 18.2 Å². The molecule has 1 rings (SSSR count).